The lowest BCUT2D eigenvalue weighted by Crippen LogP contribution is -2.50. The highest BCUT2D eigenvalue weighted by molar-refractivity contribution is 6.22. The first-order chi connectivity index (χ1) is 16.2. The minimum absolute atomic E-state index is 0.0115. The Hall–Kier alpha value is -4.61. The molecule has 34 heavy (non-hydrogen) atoms. The van der Waals surface area contributed by atoms with Crippen LogP contribution in [-0.2, 0) is 4.79 Å². The Kier molecular flexibility index (Phi) is 7.31. The maximum atomic E-state index is 13.0. The van der Waals surface area contributed by atoms with Gasteiger partial charge in [0.15, 0.2) is 5.78 Å². The van der Waals surface area contributed by atoms with Crippen molar-refractivity contribution in [3.05, 3.63) is 75.3 Å². The van der Waals surface area contributed by atoms with Crippen LogP contribution in [0.25, 0.3) is 0 Å². The van der Waals surface area contributed by atoms with Crippen LogP contribution in [-0.4, -0.2) is 63.7 Å². The molecule has 1 aliphatic heterocycles. The summed E-state index contributed by atoms with van der Waals surface area (Å²) < 4.78 is 0. The predicted octanol–water partition coefficient (Wildman–Crippen LogP) is 1.61. The number of hydrogen-bond donors (Lipinski definition) is 3. The van der Waals surface area contributed by atoms with E-state index in [1.54, 1.807) is 12.1 Å². The van der Waals surface area contributed by atoms with Crippen LogP contribution < -0.4 is 10.6 Å². The van der Waals surface area contributed by atoms with E-state index >= 15 is 0 Å². The number of carboxylic acid groups (broad SMARTS) is 1. The van der Waals surface area contributed by atoms with Crippen molar-refractivity contribution in [3.63, 3.8) is 0 Å². The number of hydrogen-bond acceptors (Lipinski definition) is 7. The van der Waals surface area contributed by atoms with Gasteiger partial charge in [-0.3, -0.25) is 34.2 Å². The largest absolute Gasteiger partial charge is 0.465 e. The van der Waals surface area contributed by atoms with E-state index in [-0.39, 0.29) is 41.8 Å². The van der Waals surface area contributed by atoms with E-state index in [0.29, 0.717) is 0 Å². The van der Waals surface area contributed by atoms with E-state index in [2.05, 4.69) is 10.6 Å². The molecule has 0 saturated heterocycles. The van der Waals surface area contributed by atoms with Crippen LogP contribution >= 0.6 is 0 Å². The number of carbonyl (C=O) groups is 5. The Morgan fingerprint density at radius 1 is 1.00 bits per heavy atom. The quantitative estimate of drug-likeness (QED) is 0.155. The van der Waals surface area contributed by atoms with Crippen molar-refractivity contribution in [1.82, 2.24) is 15.5 Å². The van der Waals surface area contributed by atoms with E-state index in [4.69, 9.17) is 5.11 Å². The first kappa shape index (κ1) is 24.0. The molecule has 4 amide bonds. The molecule has 0 unspecified atom stereocenters. The number of nitro benzene ring substituents is 1. The molecular formula is C22H20N4O8. The molecule has 0 spiro atoms. The summed E-state index contributed by atoms with van der Waals surface area (Å²) >= 11 is 0. The van der Waals surface area contributed by atoms with E-state index in [0.717, 1.165) is 11.0 Å². The lowest BCUT2D eigenvalue weighted by Gasteiger charge is -2.25. The molecule has 1 heterocycles. The number of carbonyl (C=O) groups excluding carboxylic acids is 4. The average Bonchev–Trinajstić information content (AvgIpc) is 3.07. The van der Waals surface area contributed by atoms with Crippen molar-refractivity contribution in [1.29, 1.82) is 0 Å². The topological polar surface area (TPSA) is 176 Å². The summed E-state index contributed by atoms with van der Waals surface area (Å²) in [4.78, 5) is 72.8. The number of non-ortho nitro benzene ring substituents is 1. The van der Waals surface area contributed by atoms with Gasteiger partial charge in [-0.05, 0) is 25.0 Å². The standard InChI is InChI=1S/C22H20N4O8/c27-18(13-5-3-6-14(11-13)26(33)34)12-24-19(28)17(9-4-10-23-22(31)32)25-20(29)15-7-1-2-8-16(15)21(25)30/h1-3,5-8,11,17,23H,4,9-10,12H2,(H,24,28)(H,31,32)/t17-/m0/s1. The fourth-order valence-electron chi connectivity index (χ4n) is 3.54. The molecule has 0 fully saturated rings. The molecule has 1 aliphatic rings. The molecule has 176 valence electrons. The smallest absolute Gasteiger partial charge is 0.404 e. The van der Waals surface area contributed by atoms with Crippen LogP contribution in [0.1, 0.15) is 43.9 Å². The molecule has 0 bridgehead atoms. The third-order valence-electron chi connectivity index (χ3n) is 5.17. The summed E-state index contributed by atoms with van der Waals surface area (Å²) in [5.41, 5.74) is 0.00714. The molecule has 2 aromatic rings. The number of nitrogens with zero attached hydrogens (tertiary/aromatic N) is 2. The van der Waals surface area contributed by atoms with Gasteiger partial charge in [0, 0.05) is 24.2 Å². The fraction of sp³-hybridized carbons (Fsp3) is 0.227. The normalized spacial score (nSPS) is 13.2. The highest BCUT2D eigenvalue weighted by Gasteiger charge is 2.42. The molecular weight excluding hydrogens is 448 g/mol. The van der Waals surface area contributed by atoms with Crippen molar-refractivity contribution in [2.75, 3.05) is 13.1 Å². The number of ketones is 1. The summed E-state index contributed by atoms with van der Waals surface area (Å²) in [5.74, 6) is -2.73. The highest BCUT2D eigenvalue weighted by atomic mass is 16.6. The third-order valence-corrected chi connectivity index (χ3v) is 5.17. The second-order valence-electron chi connectivity index (χ2n) is 7.36. The zero-order valence-corrected chi connectivity index (χ0v) is 17.7. The maximum absolute atomic E-state index is 13.0. The number of benzene rings is 2. The molecule has 0 aromatic heterocycles. The van der Waals surface area contributed by atoms with Gasteiger partial charge in [0.2, 0.25) is 5.91 Å². The predicted molar refractivity (Wildman–Crippen MR) is 116 cm³/mol. The van der Waals surface area contributed by atoms with Gasteiger partial charge in [-0.2, -0.15) is 0 Å². The highest BCUT2D eigenvalue weighted by Crippen LogP contribution is 2.26. The summed E-state index contributed by atoms with van der Waals surface area (Å²) in [6, 6.07) is 9.79. The van der Waals surface area contributed by atoms with E-state index in [1.807, 2.05) is 0 Å². The molecule has 0 saturated carbocycles. The van der Waals surface area contributed by atoms with Gasteiger partial charge in [0.1, 0.15) is 6.04 Å². The second-order valence-corrected chi connectivity index (χ2v) is 7.36. The number of amides is 4. The van der Waals surface area contributed by atoms with Crippen molar-refractivity contribution in [2.45, 2.75) is 18.9 Å². The van der Waals surface area contributed by atoms with E-state index < -0.39 is 47.1 Å². The summed E-state index contributed by atoms with van der Waals surface area (Å²) in [7, 11) is 0. The van der Waals surface area contributed by atoms with Gasteiger partial charge in [-0.15, -0.1) is 0 Å². The number of nitro groups is 1. The van der Waals surface area contributed by atoms with Crippen LogP contribution in [0.15, 0.2) is 48.5 Å². The van der Waals surface area contributed by atoms with Gasteiger partial charge >= 0.3 is 6.09 Å². The maximum Gasteiger partial charge on any atom is 0.404 e. The number of fused-ring (bicyclic) bond motifs is 1. The second kappa shape index (κ2) is 10.3. The van der Waals surface area contributed by atoms with Crippen LogP contribution in [0.4, 0.5) is 10.5 Å². The minimum atomic E-state index is -1.29. The van der Waals surface area contributed by atoms with Gasteiger partial charge in [0.25, 0.3) is 17.5 Å². The Morgan fingerprint density at radius 3 is 2.24 bits per heavy atom. The van der Waals surface area contributed by atoms with Crippen molar-refractivity contribution in [2.24, 2.45) is 0 Å². The first-order valence-corrected chi connectivity index (χ1v) is 10.2. The molecule has 12 heteroatoms. The number of Topliss-reactive ketones (excluding diaryl/α,β-unsaturated/α-hetero) is 1. The molecule has 3 rings (SSSR count). The Morgan fingerprint density at radius 2 is 1.65 bits per heavy atom. The first-order valence-electron chi connectivity index (χ1n) is 10.2. The molecule has 0 aliphatic carbocycles. The van der Waals surface area contributed by atoms with Gasteiger partial charge in [0.05, 0.1) is 22.6 Å². The fourth-order valence-corrected chi connectivity index (χ4v) is 3.54. The van der Waals surface area contributed by atoms with Gasteiger partial charge in [-0.1, -0.05) is 24.3 Å². The Bertz CT molecular complexity index is 1140. The van der Waals surface area contributed by atoms with Gasteiger partial charge in [-0.25, -0.2) is 4.79 Å². The zero-order valence-electron chi connectivity index (χ0n) is 17.7. The summed E-state index contributed by atoms with van der Waals surface area (Å²) in [5, 5.41) is 24.2. The lowest BCUT2D eigenvalue weighted by atomic mass is 10.1. The van der Waals surface area contributed by atoms with Crippen molar-refractivity contribution >= 4 is 35.3 Å². The van der Waals surface area contributed by atoms with Crippen molar-refractivity contribution < 1.29 is 34.0 Å². The Balaban J connectivity index is 1.75. The van der Waals surface area contributed by atoms with E-state index in [1.165, 1.54) is 30.3 Å². The molecule has 2 aromatic carbocycles. The van der Waals surface area contributed by atoms with Crippen LogP contribution in [0.3, 0.4) is 0 Å². The SMILES string of the molecule is O=C(O)NCCC[C@@H](C(=O)NCC(=O)c1cccc([N+](=O)[O-])c1)N1C(=O)c2ccccc2C1=O. The molecule has 12 nitrogen and oxygen atoms in total. The zero-order chi connectivity index (χ0) is 24.8. The third kappa shape index (κ3) is 5.23. The van der Waals surface area contributed by atoms with E-state index in [9.17, 15) is 34.1 Å². The molecule has 0 radical (unpaired) electrons. The lowest BCUT2D eigenvalue weighted by molar-refractivity contribution is -0.384. The summed E-state index contributed by atoms with van der Waals surface area (Å²) in [6.07, 6.45) is -1.18. The monoisotopic (exact) mass is 468 g/mol. The minimum Gasteiger partial charge on any atom is -0.465 e. The van der Waals surface area contributed by atoms with Crippen LogP contribution in [0, 0.1) is 10.1 Å². The average molecular weight is 468 g/mol. The molecule has 3 N–H and O–H groups in total. The van der Waals surface area contributed by atoms with Crippen LogP contribution in [0.5, 0.6) is 0 Å². The van der Waals surface area contributed by atoms with Gasteiger partial charge < -0.3 is 15.7 Å². The van der Waals surface area contributed by atoms with Crippen molar-refractivity contribution in [3.8, 4) is 0 Å². The number of nitrogens with one attached hydrogen (secondary N) is 2. The number of imide groups is 1. The van der Waals surface area contributed by atoms with Crippen LogP contribution in [0.2, 0.25) is 0 Å². The summed E-state index contributed by atoms with van der Waals surface area (Å²) in [6.45, 7) is -0.540. The number of rotatable bonds is 10. The molecule has 1 atom stereocenters. The Labute approximate surface area is 192 Å².